The predicted octanol–water partition coefficient (Wildman–Crippen LogP) is 1.97. The summed E-state index contributed by atoms with van der Waals surface area (Å²) in [7, 11) is -3.70. The van der Waals surface area contributed by atoms with E-state index in [9.17, 15) is 12.8 Å². The van der Waals surface area contributed by atoms with Crippen LogP contribution in [0, 0.1) is 12.7 Å². The number of nitrogens with zero attached hydrogens (tertiary/aromatic N) is 2. The number of benzene rings is 1. The Morgan fingerprint density at radius 3 is 2.68 bits per heavy atom. The Morgan fingerprint density at radius 2 is 2.04 bits per heavy atom. The van der Waals surface area contributed by atoms with E-state index in [1.54, 1.807) is 11.2 Å². The zero-order valence-corrected chi connectivity index (χ0v) is 15.7. The second kappa shape index (κ2) is 8.12. The van der Waals surface area contributed by atoms with Gasteiger partial charge in [-0.1, -0.05) is 12.5 Å². The minimum Gasteiger partial charge on any atom is -0.315 e. The fourth-order valence-corrected chi connectivity index (χ4v) is 5.33. The van der Waals surface area contributed by atoms with E-state index in [4.69, 9.17) is 0 Å². The molecule has 7 heteroatoms. The van der Waals surface area contributed by atoms with Crippen LogP contribution in [-0.2, 0) is 10.0 Å². The molecule has 2 fully saturated rings. The van der Waals surface area contributed by atoms with Crippen molar-refractivity contribution in [3.8, 4) is 0 Å². The highest BCUT2D eigenvalue weighted by Gasteiger charge is 2.33. The van der Waals surface area contributed by atoms with Crippen molar-refractivity contribution >= 4 is 10.0 Å². The maximum Gasteiger partial charge on any atom is 0.243 e. The number of piperidine rings is 1. The normalized spacial score (nSPS) is 22.6. The first-order chi connectivity index (χ1) is 12.0. The van der Waals surface area contributed by atoms with Crippen molar-refractivity contribution in [2.75, 3.05) is 39.3 Å². The monoisotopic (exact) mass is 369 g/mol. The number of rotatable bonds is 6. The van der Waals surface area contributed by atoms with Crippen LogP contribution in [0.5, 0.6) is 0 Å². The van der Waals surface area contributed by atoms with Crippen molar-refractivity contribution in [3.63, 3.8) is 0 Å². The molecule has 2 saturated heterocycles. The number of hydrogen-bond donors (Lipinski definition) is 1. The molecule has 1 N–H and O–H groups in total. The van der Waals surface area contributed by atoms with E-state index in [1.807, 2.05) is 0 Å². The van der Waals surface area contributed by atoms with Gasteiger partial charge in [0.05, 0.1) is 4.90 Å². The van der Waals surface area contributed by atoms with Gasteiger partial charge in [0.15, 0.2) is 0 Å². The highest BCUT2D eigenvalue weighted by atomic mass is 32.2. The first kappa shape index (κ1) is 18.8. The minimum absolute atomic E-state index is 0.0563. The van der Waals surface area contributed by atoms with Gasteiger partial charge in [-0.2, -0.15) is 4.31 Å². The number of nitrogens with one attached hydrogen (secondary N) is 1. The van der Waals surface area contributed by atoms with Gasteiger partial charge in [-0.25, -0.2) is 12.8 Å². The summed E-state index contributed by atoms with van der Waals surface area (Å²) >= 11 is 0. The Labute approximate surface area is 150 Å². The predicted molar refractivity (Wildman–Crippen MR) is 96.6 cm³/mol. The summed E-state index contributed by atoms with van der Waals surface area (Å²) in [4.78, 5) is 2.39. The largest absolute Gasteiger partial charge is 0.315 e. The first-order valence-corrected chi connectivity index (χ1v) is 10.6. The molecule has 1 aromatic rings. The van der Waals surface area contributed by atoms with Crippen LogP contribution in [0.25, 0.3) is 0 Å². The molecule has 5 nitrogen and oxygen atoms in total. The number of sulfonamides is 1. The summed E-state index contributed by atoms with van der Waals surface area (Å²) < 4.78 is 41.8. The molecule has 2 aliphatic rings. The number of aryl methyl sites for hydroxylation is 1. The number of halogens is 1. The highest BCUT2D eigenvalue weighted by Crippen LogP contribution is 2.23. The summed E-state index contributed by atoms with van der Waals surface area (Å²) in [6.07, 6.45) is 4.42. The maximum absolute atomic E-state index is 13.9. The van der Waals surface area contributed by atoms with Crippen LogP contribution in [-0.4, -0.2) is 62.9 Å². The summed E-state index contributed by atoms with van der Waals surface area (Å²) in [6.45, 7) is 6.40. The topological polar surface area (TPSA) is 52.7 Å². The standard InChI is InChI=1S/C18H28FN3O2S/c1-15-5-6-17(13-18(15)19)25(23,24)22(16-7-8-20-14-16)12-11-21-9-3-2-4-10-21/h5-6,13,16,20H,2-4,7-12,14H2,1H3. The minimum atomic E-state index is -3.70. The smallest absolute Gasteiger partial charge is 0.243 e. The van der Waals surface area contributed by atoms with Gasteiger partial charge in [0, 0.05) is 25.7 Å². The van der Waals surface area contributed by atoms with Gasteiger partial charge in [0.1, 0.15) is 5.82 Å². The summed E-state index contributed by atoms with van der Waals surface area (Å²) in [6, 6.07) is 4.15. The molecule has 2 heterocycles. The van der Waals surface area contributed by atoms with Crippen LogP contribution in [0.1, 0.15) is 31.2 Å². The fourth-order valence-electron chi connectivity index (χ4n) is 3.68. The summed E-state index contributed by atoms with van der Waals surface area (Å²) in [5.41, 5.74) is 0.460. The highest BCUT2D eigenvalue weighted by molar-refractivity contribution is 7.89. The van der Waals surface area contributed by atoms with Crippen LogP contribution < -0.4 is 5.32 Å². The number of likely N-dealkylation sites (tertiary alicyclic amines) is 1. The Kier molecular flexibility index (Phi) is 6.09. The van der Waals surface area contributed by atoms with Crippen molar-refractivity contribution in [2.45, 2.75) is 43.5 Å². The van der Waals surface area contributed by atoms with E-state index in [2.05, 4.69) is 10.2 Å². The molecule has 0 spiro atoms. The van der Waals surface area contributed by atoms with Gasteiger partial charge in [-0.3, -0.25) is 0 Å². The molecule has 1 aromatic carbocycles. The molecular weight excluding hydrogens is 341 g/mol. The molecule has 140 valence electrons. The Morgan fingerprint density at radius 1 is 1.28 bits per heavy atom. The van der Waals surface area contributed by atoms with Crippen molar-refractivity contribution in [1.82, 2.24) is 14.5 Å². The summed E-state index contributed by atoms with van der Waals surface area (Å²) in [5, 5.41) is 3.24. The molecule has 0 radical (unpaired) electrons. The molecule has 0 amide bonds. The Balaban J connectivity index is 1.80. The van der Waals surface area contributed by atoms with Crippen molar-refractivity contribution in [1.29, 1.82) is 0 Å². The summed E-state index contributed by atoms with van der Waals surface area (Å²) in [5.74, 6) is -0.471. The first-order valence-electron chi connectivity index (χ1n) is 9.19. The van der Waals surface area contributed by atoms with Crippen molar-refractivity contribution in [2.24, 2.45) is 0 Å². The molecule has 25 heavy (non-hydrogen) atoms. The van der Waals surface area contributed by atoms with Gasteiger partial charge < -0.3 is 10.2 Å². The van der Waals surface area contributed by atoms with Crippen LogP contribution >= 0.6 is 0 Å². The third-order valence-corrected chi connectivity index (χ3v) is 7.22. The molecular formula is C18H28FN3O2S. The lowest BCUT2D eigenvalue weighted by Gasteiger charge is -2.32. The lowest BCUT2D eigenvalue weighted by Crippen LogP contribution is -2.46. The van der Waals surface area contributed by atoms with E-state index in [0.717, 1.165) is 38.7 Å². The van der Waals surface area contributed by atoms with Gasteiger partial charge in [-0.05, 0) is 63.5 Å². The SMILES string of the molecule is Cc1ccc(S(=O)(=O)N(CCN2CCCCC2)C2CCNC2)cc1F. The third kappa shape index (κ3) is 4.39. The average molecular weight is 370 g/mol. The molecule has 1 unspecified atom stereocenters. The molecule has 0 aromatic heterocycles. The number of hydrogen-bond acceptors (Lipinski definition) is 4. The van der Waals surface area contributed by atoms with Gasteiger partial charge in [0.2, 0.25) is 10.0 Å². The molecule has 3 rings (SSSR count). The molecule has 0 bridgehead atoms. The third-order valence-electron chi connectivity index (χ3n) is 5.28. The van der Waals surface area contributed by atoms with Gasteiger partial charge in [0.25, 0.3) is 0 Å². The van der Waals surface area contributed by atoms with Crippen LogP contribution in [0.2, 0.25) is 0 Å². The van der Waals surface area contributed by atoms with Crippen molar-refractivity contribution < 1.29 is 12.8 Å². The second-order valence-electron chi connectivity index (χ2n) is 7.08. The van der Waals surface area contributed by atoms with E-state index in [1.165, 1.54) is 31.4 Å². The molecule has 2 aliphatic heterocycles. The molecule has 0 aliphatic carbocycles. The lowest BCUT2D eigenvalue weighted by atomic mass is 10.1. The zero-order chi connectivity index (χ0) is 17.9. The van der Waals surface area contributed by atoms with Gasteiger partial charge in [-0.15, -0.1) is 0 Å². The zero-order valence-electron chi connectivity index (χ0n) is 14.9. The van der Waals surface area contributed by atoms with E-state index in [0.29, 0.717) is 18.7 Å². The lowest BCUT2D eigenvalue weighted by molar-refractivity contribution is 0.202. The van der Waals surface area contributed by atoms with Crippen LogP contribution in [0.3, 0.4) is 0 Å². The van der Waals surface area contributed by atoms with E-state index in [-0.39, 0.29) is 10.9 Å². The van der Waals surface area contributed by atoms with Gasteiger partial charge >= 0.3 is 0 Å². The quantitative estimate of drug-likeness (QED) is 0.833. The Bertz CT molecular complexity index is 684. The molecule has 1 atom stereocenters. The average Bonchev–Trinajstić information content (AvgIpc) is 3.12. The van der Waals surface area contributed by atoms with E-state index < -0.39 is 15.8 Å². The van der Waals surface area contributed by atoms with Crippen LogP contribution in [0.15, 0.2) is 23.1 Å². The van der Waals surface area contributed by atoms with Crippen molar-refractivity contribution in [3.05, 3.63) is 29.6 Å². The maximum atomic E-state index is 13.9. The molecule has 0 saturated carbocycles. The fraction of sp³-hybridized carbons (Fsp3) is 0.667. The van der Waals surface area contributed by atoms with E-state index >= 15 is 0 Å². The second-order valence-corrected chi connectivity index (χ2v) is 8.97. The Hall–Kier alpha value is -1.02. The van der Waals surface area contributed by atoms with Crippen LogP contribution in [0.4, 0.5) is 4.39 Å².